The SMILES string of the molecule is C=CCn1c(CS(=O)(=O)c2ccccc2)nnc1SCC(=O)Nc1ccc(C(=O)OCC)cc1. The summed E-state index contributed by atoms with van der Waals surface area (Å²) in [6.45, 7) is 6.01. The van der Waals surface area contributed by atoms with E-state index in [1.165, 1.54) is 12.1 Å². The molecular weight excluding hydrogens is 476 g/mol. The summed E-state index contributed by atoms with van der Waals surface area (Å²) >= 11 is 1.13. The number of nitrogens with zero attached hydrogens (tertiary/aromatic N) is 3. The maximum atomic E-state index is 12.7. The summed E-state index contributed by atoms with van der Waals surface area (Å²) in [5, 5.41) is 11.3. The van der Waals surface area contributed by atoms with Gasteiger partial charge in [-0.25, -0.2) is 13.2 Å². The van der Waals surface area contributed by atoms with Crippen molar-refractivity contribution in [2.75, 3.05) is 17.7 Å². The highest BCUT2D eigenvalue weighted by Crippen LogP contribution is 2.21. The first-order chi connectivity index (χ1) is 16.3. The summed E-state index contributed by atoms with van der Waals surface area (Å²) < 4.78 is 32.0. The van der Waals surface area contributed by atoms with Crippen molar-refractivity contribution in [3.63, 3.8) is 0 Å². The van der Waals surface area contributed by atoms with Gasteiger partial charge in [-0.3, -0.25) is 4.79 Å². The third kappa shape index (κ3) is 6.55. The Morgan fingerprint density at radius 2 is 1.82 bits per heavy atom. The molecule has 1 amide bonds. The number of anilines is 1. The van der Waals surface area contributed by atoms with E-state index in [4.69, 9.17) is 4.74 Å². The van der Waals surface area contributed by atoms with Crippen LogP contribution in [0, 0.1) is 0 Å². The van der Waals surface area contributed by atoms with E-state index in [9.17, 15) is 18.0 Å². The van der Waals surface area contributed by atoms with Crippen molar-refractivity contribution in [3.8, 4) is 0 Å². The molecule has 3 rings (SSSR count). The van der Waals surface area contributed by atoms with Crippen LogP contribution in [0.25, 0.3) is 0 Å². The van der Waals surface area contributed by atoms with Gasteiger partial charge in [0.15, 0.2) is 15.0 Å². The van der Waals surface area contributed by atoms with Gasteiger partial charge in [0.2, 0.25) is 5.91 Å². The molecule has 0 saturated heterocycles. The second-order valence-corrected chi connectivity index (χ2v) is 9.94. The predicted molar refractivity (Wildman–Crippen MR) is 129 cm³/mol. The molecule has 0 atom stereocenters. The Morgan fingerprint density at radius 3 is 2.47 bits per heavy atom. The number of esters is 1. The van der Waals surface area contributed by atoms with Crippen LogP contribution in [0.4, 0.5) is 5.69 Å². The summed E-state index contributed by atoms with van der Waals surface area (Å²) in [6, 6.07) is 14.5. The van der Waals surface area contributed by atoms with E-state index < -0.39 is 15.8 Å². The number of sulfone groups is 1. The van der Waals surface area contributed by atoms with Gasteiger partial charge < -0.3 is 14.6 Å². The number of hydrogen-bond donors (Lipinski definition) is 1. The number of benzene rings is 2. The number of amides is 1. The molecule has 0 aliphatic carbocycles. The third-order valence-electron chi connectivity index (χ3n) is 4.54. The molecule has 1 N–H and O–H groups in total. The summed E-state index contributed by atoms with van der Waals surface area (Å²) in [5.74, 6) is -0.748. The largest absolute Gasteiger partial charge is 0.462 e. The number of aromatic nitrogens is 3. The molecule has 2 aromatic carbocycles. The zero-order valence-electron chi connectivity index (χ0n) is 18.5. The minimum Gasteiger partial charge on any atom is -0.462 e. The number of nitrogens with one attached hydrogen (secondary N) is 1. The molecule has 178 valence electrons. The summed E-state index contributed by atoms with van der Waals surface area (Å²) in [4.78, 5) is 24.3. The van der Waals surface area contributed by atoms with Gasteiger partial charge in [0, 0.05) is 12.2 Å². The molecule has 0 aliphatic rings. The number of carbonyl (C=O) groups is 2. The predicted octanol–water partition coefficient (Wildman–Crippen LogP) is 3.35. The van der Waals surface area contributed by atoms with Gasteiger partial charge in [0.05, 0.1) is 22.8 Å². The third-order valence-corrected chi connectivity index (χ3v) is 7.13. The second kappa shape index (κ2) is 11.6. The van der Waals surface area contributed by atoms with Crippen molar-refractivity contribution < 1.29 is 22.7 Å². The minimum atomic E-state index is -3.61. The van der Waals surface area contributed by atoms with E-state index in [1.807, 2.05) is 0 Å². The Bertz CT molecular complexity index is 1260. The molecule has 0 aliphatic heterocycles. The van der Waals surface area contributed by atoms with E-state index in [0.29, 0.717) is 23.0 Å². The molecule has 0 bridgehead atoms. The maximum Gasteiger partial charge on any atom is 0.338 e. The van der Waals surface area contributed by atoms with Crippen LogP contribution in [-0.2, 0) is 31.7 Å². The van der Waals surface area contributed by atoms with Gasteiger partial charge in [-0.05, 0) is 43.3 Å². The van der Waals surface area contributed by atoms with Gasteiger partial charge in [-0.2, -0.15) is 0 Å². The second-order valence-electron chi connectivity index (χ2n) is 7.00. The topological polar surface area (TPSA) is 120 Å². The molecule has 0 unspecified atom stereocenters. The van der Waals surface area contributed by atoms with Gasteiger partial charge in [-0.1, -0.05) is 36.0 Å². The lowest BCUT2D eigenvalue weighted by atomic mass is 10.2. The first-order valence-electron chi connectivity index (χ1n) is 10.3. The van der Waals surface area contributed by atoms with E-state index >= 15 is 0 Å². The molecule has 0 saturated carbocycles. The van der Waals surface area contributed by atoms with E-state index in [1.54, 1.807) is 60.0 Å². The monoisotopic (exact) mass is 500 g/mol. The minimum absolute atomic E-state index is 0.0281. The molecule has 3 aromatic rings. The Morgan fingerprint density at radius 1 is 1.12 bits per heavy atom. The molecule has 34 heavy (non-hydrogen) atoms. The highest BCUT2D eigenvalue weighted by atomic mass is 32.2. The highest BCUT2D eigenvalue weighted by molar-refractivity contribution is 7.99. The molecule has 1 heterocycles. The van der Waals surface area contributed by atoms with Crippen molar-refractivity contribution in [1.82, 2.24) is 14.8 Å². The highest BCUT2D eigenvalue weighted by Gasteiger charge is 2.21. The molecule has 0 spiro atoms. The molecule has 0 fully saturated rings. The van der Waals surface area contributed by atoms with E-state index in [-0.39, 0.29) is 34.7 Å². The van der Waals surface area contributed by atoms with Gasteiger partial charge in [0.25, 0.3) is 0 Å². The molecule has 0 radical (unpaired) electrons. The zero-order valence-corrected chi connectivity index (χ0v) is 20.1. The fourth-order valence-corrected chi connectivity index (χ4v) is 5.02. The van der Waals surface area contributed by atoms with Crippen molar-refractivity contribution in [3.05, 3.63) is 78.6 Å². The summed E-state index contributed by atoms with van der Waals surface area (Å²) in [6.07, 6.45) is 1.61. The number of carbonyl (C=O) groups excluding carboxylic acids is 2. The number of thioether (sulfide) groups is 1. The van der Waals surface area contributed by atoms with Crippen LogP contribution in [0.3, 0.4) is 0 Å². The van der Waals surface area contributed by atoms with E-state index in [2.05, 4.69) is 22.1 Å². The van der Waals surface area contributed by atoms with Crippen LogP contribution in [0.15, 0.2) is 77.3 Å². The number of rotatable bonds is 11. The van der Waals surface area contributed by atoms with Crippen LogP contribution in [-0.4, -0.2) is 47.4 Å². The molecular formula is C23H24N4O5S2. The van der Waals surface area contributed by atoms with Gasteiger partial charge in [0.1, 0.15) is 11.6 Å². The number of ether oxygens (including phenoxy) is 1. The van der Waals surface area contributed by atoms with Gasteiger partial charge in [-0.15, -0.1) is 16.8 Å². The lowest BCUT2D eigenvalue weighted by molar-refractivity contribution is -0.113. The zero-order chi connectivity index (χ0) is 24.6. The average molecular weight is 501 g/mol. The Labute approximate surface area is 202 Å². The van der Waals surface area contributed by atoms with Crippen molar-refractivity contribution in [2.24, 2.45) is 0 Å². The van der Waals surface area contributed by atoms with Crippen LogP contribution in [0.1, 0.15) is 23.1 Å². The summed E-state index contributed by atoms with van der Waals surface area (Å²) in [5.41, 5.74) is 0.922. The molecule has 1 aromatic heterocycles. The van der Waals surface area contributed by atoms with Crippen LogP contribution in [0.5, 0.6) is 0 Å². The van der Waals surface area contributed by atoms with Crippen molar-refractivity contribution >= 4 is 39.2 Å². The summed E-state index contributed by atoms with van der Waals surface area (Å²) in [7, 11) is -3.61. The average Bonchev–Trinajstić information content (AvgIpc) is 3.19. The van der Waals surface area contributed by atoms with Crippen molar-refractivity contribution in [1.29, 1.82) is 0 Å². The lowest BCUT2D eigenvalue weighted by Crippen LogP contribution is -2.15. The lowest BCUT2D eigenvalue weighted by Gasteiger charge is -2.09. The molecule has 9 nitrogen and oxygen atoms in total. The normalized spacial score (nSPS) is 11.1. The standard InChI is InChI=1S/C23H24N4O5S2/c1-3-14-27-20(16-34(30,31)19-8-6-5-7-9-19)25-26-23(27)33-15-21(28)24-18-12-10-17(11-13-18)22(29)32-4-2/h3,5-13H,1,4,14-16H2,2H3,(H,24,28). The Hall–Kier alpha value is -3.44. The van der Waals surface area contributed by atoms with E-state index in [0.717, 1.165) is 11.8 Å². The molecule has 11 heteroatoms. The fraction of sp³-hybridized carbons (Fsp3) is 0.217. The number of hydrogen-bond acceptors (Lipinski definition) is 8. The quantitative estimate of drug-likeness (QED) is 0.242. The van der Waals surface area contributed by atoms with Gasteiger partial charge >= 0.3 is 5.97 Å². The Balaban J connectivity index is 1.64. The fourth-order valence-electron chi connectivity index (χ4n) is 2.96. The number of allylic oxidation sites excluding steroid dienone is 1. The first kappa shape index (κ1) is 25.2. The Kier molecular flexibility index (Phi) is 8.61. The van der Waals surface area contributed by atoms with Crippen LogP contribution < -0.4 is 5.32 Å². The van der Waals surface area contributed by atoms with Crippen LogP contribution in [0.2, 0.25) is 0 Å². The van der Waals surface area contributed by atoms with Crippen LogP contribution >= 0.6 is 11.8 Å². The maximum absolute atomic E-state index is 12.7. The van der Waals surface area contributed by atoms with Crippen molar-refractivity contribution in [2.45, 2.75) is 29.3 Å². The smallest absolute Gasteiger partial charge is 0.338 e. The first-order valence-corrected chi connectivity index (χ1v) is 13.0.